The fourth-order valence-electron chi connectivity index (χ4n) is 3.98. The maximum absolute atomic E-state index is 12.9. The highest BCUT2D eigenvalue weighted by molar-refractivity contribution is 6.43. The van der Waals surface area contributed by atoms with E-state index in [1.165, 1.54) is 0 Å². The third-order valence-electron chi connectivity index (χ3n) is 5.76. The van der Waals surface area contributed by atoms with Gasteiger partial charge in [-0.2, -0.15) is 0 Å². The first kappa shape index (κ1) is 21.9. The van der Waals surface area contributed by atoms with E-state index in [4.69, 9.17) is 32.7 Å². The molecule has 2 heterocycles. The Balaban J connectivity index is 1.36. The molecule has 0 bridgehead atoms. The molecule has 0 atom stereocenters. The Bertz CT molecular complexity index is 1010. The average molecular weight is 463 g/mol. The van der Waals surface area contributed by atoms with Crippen molar-refractivity contribution in [1.29, 1.82) is 0 Å². The number of hydrogen-bond acceptors (Lipinski definition) is 4. The topological polar surface area (TPSA) is 59.1 Å². The van der Waals surface area contributed by atoms with E-state index in [2.05, 4.69) is 0 Å². The van der Waals surface area contributed by atoms with Gasteiger partial charge in [-0.1, -0.05) is 35.3 Å². The first-order valence-corrected chi connectivity index (χ1v) is 11.0. The average Bonchev–Trinajstić information content (AvgIpc) is 3.11. The molecule has 0 aromatic heterocycles. The summed E-state index contributed by atoms with van der Waals surface area (Å²) >= 11 is 12.3. The van der Waals surface area contributed by atoms with E-state index >= 15 is 0 Å². The zero-order valence-electron chi connectivity index (χ0n) is 17.5. The van der Waals surface area contributed by atoms with Crippen molar-refractivity contribution >= 4 is 40.9 Å². The van der Waals surface area contributed by atoms with E-state index in [1.807, 2.05) is 38.1 Å². The summed E-state index contributed by atoms with van der Waals surface area (Å²) in [5.74, 6) is -0.0862. The van der Waals surface area contributed by atoms with E-state index in [9.17, 15) is 9.59 Å². The summed E-state index contributed by atoms with van der Waals surface area (Å²) in [5.41, 5.74) is 2.60. The number of ether oxygens (including phenoxy) is 2. The number of nitrogens with zero attached hydrogens (tertiary/aromatic N) is 2. The second-order valence-electron chi connectivity index (χ2n) is 8.07. The molecule has 0 unspecified atom stereocenters. The Kier molecular flexibility index (Phi) is 6.15. The van der Waals surface area contributed by atoms with Gasteiger partial charge in [0.15, 0.2) is 0 Å². The lowest BCUT2D eigenvalue weighted by Gasteiger charge is -2.29. The van der Waals surface area contributed by atoms with Gasteiger partial charge in [0.05, 0.1) is 29.8 Å². The number of anilines is 1. The van der Waals surface area contributed by atoms with Crippen LogP contribution in [-0.4, -0.2) is 48.9 Å². The van der Waals surface area contributed by atoms with Crippen molar-refractivity contribution in [3.63, 3.8) is 0 Å². The van der Waals surface area contributed by atoms with Crippen LogP contribution in [0, 0.1) is 0 Å². The minimum atomic E-state index is -0.631. The van der Waals surface area contributed by atoms with Gasteiger partial charge in [0.1, 0.15) is 5.72 Å². The van der Waals surface area contributed by atoms with Crippen molar-refractivity contribution in [2.24, 2.45) is 0 Å². The molecule has 2 aliphatic rings. The third kappa shape index (κ3) is 4.38. The molecule has 2 aromatic carbocycles. The number of carbonyl (C=O) groups is 2. The van der Waals surface area contributed by atoms with Gasteiger partial charge in [-0.15, -0.1) is 0 Å². The molecule has 0 saturated carbocycles. The number of halogens is 2. The molecule has 1 saturated heterocycles. The van der Waals surface area contributed by atoms with E-state index < -0.39 is 5.72 Å². The van der Waals surface area contributed by atoms with Crippen LogP contribution in [0.5, 0.6) is 0 Å². The fraction of sp³-hybridized carbons (Fsp3) is 0.391. The van der Waals surface area contributed by atoms with Crippen molar-refractivity contribution in [3.8, 4) is 0 Å². The molecule has 0 aliphatic carbocycles. The summed E-state index contributed by atoms with van der Waals surface area (Å²) < 4.78 is 10.9. The Morgan fingerprint density at radius 3 is 2.55 bits per heavy atom. The fourth-order valence-corrected chi connectivity index (χ4v) is 4.41. The van der Waals surface area contributed by atoms with Crippen LogP contribution in [-0.2, 0) is 22.3 Å². The molecular formula is C23H24Cl2N2O4. The van der Waals surface area contributed by atoms with Crippen LogP contribution in [0.3, 0.4) is 0 Å². The van der Waals surface area contributed by atoms with Crippen molar-refractivity contribution < 1.29 is 19.1 Å². The van der Waals surface area contributed by atoms with Crippen LogP contribution in [0.1, 0.15) is 35.3 Å². The van der Waals surface area contributed by atoms with E-state index in [1.54, 1.807) is 21.9 Å². The first-order valence-electron chi connectivity index (χ1n) is 10.2. The maximum Gasteiger partial charge on any atom is 0.412 e. The van der Waals surface area contributed by atoms with Crippen molar-refractivity contribution in [2.75, 3.05) is 31.2 Å². The highest BCUT2D eigenvalue weighted by atomic mass is 35.5. The van der Waals surface area contributed by atoms with Crippen LogP contribution < -0.4 is 4.90 Å². The van der Waals surface area contributed by atoms with Crippen molar-refractivity contribution in [3.05, 3.63) is 63.1 Å². The predicted octanol–water partition coefficient (Wildman–Crippen LogP) is 4.94. The second-order valence-corrected chi connectivity index (χ2v) is 8.86. The zero-order chi connectivity index (χ0) is 22.2. The molecule has 1 fully saturated rings. The summed E-state index contributed by atoms with van der Waals surface area (Å²) in [6, 6.07) is 11.1. The molecule has 6 nitrogen and oxygen atoms in total. The third-order valence-corrected chi connectivity index (χ3v) is 6.61. The molecule has 2 aliphatic heterocycles. The van der Waals surface area contributed by atoms with Gasteiger partial charge in [-0.05, 0) is 55.7 Å². The van der Waals surface area contributed by atoms with Gasteiger partial charge >= 0.3 is 6.09 Å². The molecular weight excluding hydrogens is 439 g/mol. The van der Waals surface area contributed by atoms with Crippen LogP contribution in [0.25, 0.3) is 0 Å². The van der Waals surface area contributed by atoms with E-state index in [0.717, 1.165) is 16.8 Å². The van der Waals surface area contributed by atoms with E-state index in [0.29, 0.717) is 48.1 Å². The van der Waals surface area contributed by atoms with Gasteiger partial charge in [0.25, 0.3) is 5.91 Å². The molecule has 164 valence electrons. The second kappa shape index (κ2) is 8.69. The standard InChI is InChI=1S/C23H24Cl2N2O4/c1-23(2)27(12-14-31-23)22(29)30-13-10-15-3-5-16(6-4-15)26-11-9-17-18(21(26)28)7-8-19(24)20(17)25/h3-8H,9-14H2,1-2H3. The zero-order valence-corrected chi connectivity index (χ0v) is 19.0. The number of hydrogen-bond donors (Lipinski definition) is 0. The smallest absolute Gasteiger partial charge is 0.412 e. The summed E-state index contributed by atoms with van der Waals surface area (Å²) in [7, 11) is 0. The highest BCUT2D eigenvalue weighted by Gasteiger charge is 2.37. The van der Waals surface area contributed by atoms with Crippen molar-refractivity contribution in [1.82, 2.24) is 4.90 Å². The number of fused-ring (bicyclic) bond motifs is 1. The van der Waals surface area contributed by atoms with Crippen LogP contribution >= 0.6 is 23.2 Å². The Hall–Kier alpha value is -2.28. The van der Waals surface area contributed by atoms with Crippen LogP contribution in [0.2, 0.25) is 10.0 Å². The molecule has 0 spiro atoms. The molecule has 4 rings (SSSR count). The summed E-state index contributed by atoms with van der Waals surface area (Å²) in [4.78, 5) is 28.5. The number of carbonyl (C=O) groups excluding carboxylic acids is 2. The lowest BCUT2D eigenvalue weighted by Crippen LogP contribution is -2.44. The minimum absolute atomic E-state index is 0.0862. The van der Waals surface area contributed by atoms with Gasteiger partial charge in [-0.3, -0.25) is 9.69 Å². The van der Waals surface area contributed by atoms with Gasteiger partial charge in [0.2, 0.25) is 0 Å². The first-order chi connectivity index (χ1) is 14.8. The predicted molar refractivity (Wildman–Crippen MR) is 120 cm³/mol. The van der Waals surface area contributed by atoms with Gasteiger partial charge in [-0.25, -0.2) is 4.79 Å². The Labute approximate surface area is 191 Å². The number of amides is 2. The molecule has 0 N–H and O–H groups in total. The molecule has 2 amide bonds. The monoisotopic (exact) mass is 462 g/mol. The highest BCUT2D eigenvalue weighted by Crippen LogP contribution is 2.33. The van der Waals surface area contributed by atoms with Crippen LogP contribution in [0.15, 0.2) is 36.4 Å². The molecule has 31 heavy (non-hydrogen) atoms. The molecule has 0 radical (unpaired) electrons. The SMILES string of the molecule is CC1(C)OCCN1C(=O)OCCc1ccc(N2CCc3c(ccc(Cl)c3Cl)C2=O)cc1. The largest absolute Gasteiger partial charge is 0.449 e. The molecule has 8 heteroatoms. The van der Waals surface area contributed by atoms with Crippen molar-refractivity contribution in [2.45, 2.75) is 32.4 Å². The lowest BCUT2D eigenvalue weighted by atomic mass is 9.98. The number of benzene rings is 2. The summed E-state index contributed by atoms with van der Waals surface area (Å²) in [6.45, 7) is 5.57. The summed E-state index contributed by atoms with van der Waals surface area (Å²) in [5, 5.41) is 0.925. The normalized spacial score (nSPS) is 17.6. The van der Waals surface area contributed by atoms with E-state index in [-0.39, 0.29) is 18.6 Å². The van der Waals surface area contributed by atoms with Crippen LogP contribution in [0.4, 0.5) is 10.5 Å². The Morgan fingerprint density at radius 2 is 1.87 bits per heavy atom. The Morgan fingerprint density at radius 1 is 1.13 bits per heavy atom. The van der Waals surface area contributed by atoms with Gasteiger partial charge in [0, 0.05) is 24.2 Å². The molecule has 2 aromatic rings. The minimum Gasteiger partial charge on any atom is -0.449 e. The quantitative estimate of drug-likeness (QED) is 0.645. The lowest BCUT2D eigenvalue weighted by molar-refractivity contribution is -0.0450. The van der Waals surface area contributed by atoms with Gasteiger partial charge < -0.3 is 14.4 Å². The number of rotatable bonds is 4. The maximum atomic E-state index is 12.9. The summed E-state index contributed by atoms with van der Waals surface area (Å²) in [6.07, 6.45) is 0.872.